The lowest BCUT2D eigenvalue weighted by atomic mass is 10.1. The van der Waals surface area contributed by atoms with Crippen LogP contribution in [0.5, 0.6) is 0 Å². The molecule has 0 aliphatic rings. The third-order valence-corrected chi connectivity index (χ3v) is 2.60. The van der Waals surface area contributed by atoms with E-state index in [1.54, 1.807) is 24.3 Å². The summed E-state index contributed by atoms with van der Waals surface area (Å²) in [6.07, 6.45) is 0. The highest BCUT2D eigenvalue weighted by Crippen LogP contribution is 2.07. The fraction of sp³-hybridized carbons (Fsp3) is 0.308. The molecular formula is C13H15N3O4. The van der Waals surface area contributed by atoms with Gasteiger partial charge in [0.25, 0.3) is 0 Å². The molecule has 1 aromatic rings. The van der Waals surface area contributed by atoms with Crippen LogP contribution in [0, 0.1) is 11.3 Å². The lowest BCUT2D eigenvalue weighted by molar-refractivity contribution is -0.140. The number of hydrogen-bond acceptors (Lipinski definition) is 4. The molecule has 0 heterocycles. The van der Waals surface area contributed by atoms with Crippen molar-refractivity contribution in [2.75, 3.05) is 13.7 Å². The normalized spacial score (nSPS) is 11.2. The molecule has 1 rings (SSSR count). The van der Waals surface area contributed by atoms with Gasteiger partial charge in [-0.15, -0.1) is 0 Å². The maximum absolute atomic E-state index is 11.8. The van der Waals surface area contributed by atoms with Gasteiger partial charge in [-0.3, -0.25) is 0 Å². The van der Waals surface area contributed by atoms with Crippen molar-refractivity contribution < 1.29 is 19.8 Å². The second-order valence-corrected chi connectivity index (χ2v) is 4.19. The SMILES string of the molecule is CN(Cc1cccc(C#N)c1)C(=O)N[C@@H](CO)C(=O)O. The molecule has 1 aromatic carbocycles. The van der Waals surface area contributed by atoms with Gasteiger partial charge in [0.05, 0.1) is 18.2 Å². The van der Waals surface area contributed by atoms with Gasteiger partial charge < -0.3 is 20.4 Å². The minimum Gasteiger partial charge on any atom is -0.480 e. The van der Waals surface area contributed by atoms with Crippen LogP contribution in [-0.2, 0) is 11.3 Å². The minimum absolute atomic E-state index is 0.221. The van der Waals surface area contributed by atoms with Gasteiger partial charge in [-0.2, -0.15) is 5.26 Å². The van der Waals surface area contributed by atoms with Crippen LogP contribution in [0.2, 0.25) is 0 Å². The number of hydrogen-bond donors (Lipinski definition) is 3. The molecule has 20 heavy (non-hydrogen) atoms. The number of nitrogens with one attached hydrogen (secondary N) is 1. The molecule has 106 valence electrons. The first-order chi connectivity index (χ1) is 9.47. The van der Waals surface area contributed by atoms with E-state index in [-0.39, 0.29) is 6.54 Å². The van der Waals surface area contributed by atoms with Crippen LogP contribution in [0.4, 0.5) is 4.79 Å². The molecule has 2 amide bonds. The van der Waals surface area contributed by atoms with Crippen LogP contribution < -0.4 is 5.32 Å². The van der Waals surface area contributed by atoms with Crippen LogP contribution in [0.3, 0.4) is 0 Å². The highest BCUT2D eigenvalue weighted by Gasteiger charge is 2.20. The molecule has 0 aliphatic carbocycles. The van der Waals surface area contributed by atoms with E-state index < -0.39 is 24.6 Å². The fourth-order valence-corrected chi connectivity index (χ4v) is 1.53. The zero-order valence-corrected chi connectivity index (χ0v) is 10.9. The Hall–Kier alpha value is -2.59. The molecule has 0 radical (unpaired) electrons. The van der Waals surface area contributed by atoms with Gasteiger partial charge in [-0.1, -0.05) is 12.1 Å². The zero-order chi connectivity index (χ0) is 15.1. The lowest BCUT2D eigenvalue weighted by Crippen LogP contribution is -2.48. The van der Waals surface area contributed by atoms with Crippen molar-refractivity contribution in [1.29, 1.82) is 5.26 Å². The second-order valence-electron chi connectivity index (χ2n) is 4.19. The van der Waals surface area contributed by atoms with Gasteiger partial charge in [0.2, 0.25) is 0 Å². The summed E-state index contributed by atoms with van der Waals surface area (Å²) < 4.78 is 0. The number of nitrogens with zero attached hydrogens (tertiary/aromatic N) is 2. The van der Waals surface area contributed by atoms with E-state index in [2.05, 4.69) is 5.32 Å². The van der Waals surface area contributed by atoms with Crippen LogP contribution in [-0.4, -0.2) is 46.8 Å². The molecule has 0 aliphatic heterocycles. The molecule has 0 saturated carbocycles. The first-order valence-electron chi connectivity index (χ1n) is 5.82. The topological polar surface area (TPSA) is 114 Å². The largest absolute Gasteiger partial charge is 0.480 e. The molecule has 7 nitrogen and oxygen atoms in total. The van der Waals surface area contributed by atoms with Crippen molar-refractivity contribution in [3.63, 3.8) is 0 Å². The number of benzene rings is 1. The highest BCUT2D eigenvalue weighted by molar-refractivity contribution is 5.82. The third kappa shape index (κ3) is 4.26. The molecule has 1 atom stereocenters. The van der Waals surface area contributed by atoms with E-state index in [0.29, 0.717) is 5.56 Å². The van der Waals surface area contributed by atoms with Crippen molar-refractivity contribution in [2.24, 2.45) is 0 Å². The summed E-state index contributed by atoms with van der Waals surface area (Å²) in [6.45, 7) is -0.460. The number of rotatable bonds is 5. The van der Waals surface area contributed by atoms with Gasteiger partial charge in [0.15, 0.2) is 6.04 Å². The van der Waals surface area contributed by atoms with Crippen LogP contribution >= 0.6 is 0 Å². The van der Waals surface area contributed by atoms with E-state index in [1.165, 1.54) is 11.9 Å². The summed E-state index contributed by atoms with van der Waals surface area (Å²) in [5.41, 5.74) is 1.23. The quantitative estimate of drug-likeness (QED) is 0.708. The average Bonchev–Trinajstić information content (AvgIpc) is 2.44. The van der Waals surface area contributed by atoms with Crippen molar-refractivity contribution in [1.82, 2.24) is 10.2 Å². The first-order valence-corrected chi connectivity index (χ1v) is 5.82. The summed E-state index contributed by atoms with van der Waals surface area (Å²) in [7, 11) is 1.49. The Labute approximate surface area is 116 Å². The molecule has 0 unspecified atom stereocenters. The number of carbonyl (C=O) groups excluding carboxylic acids is 1. The fourth-order valence-electron chi connectivity index (χ4n) is 1.53. The standard InChI is InChI=1S/C13H15N3O4/c1-16(13(20)15-11(8-17)12(18)19)7-10-4-2-3-9(5-10)6-14/h2-5,11,17H,7-8H2,1H3,(H,15,20)(H,18,19)/t11-/m0/s1. The van der Waals surface area contributed by atoms with Crippen LogP contribution in [0.1, 0.15) is 11.1 Å². The van der Waals surface area contributed by atoms with Crippen molar-refractivity contribution >= 4 is 12.0 Å². The Kier molecular flexibility index (Phi) is 5.50. The van der Waals surface area contributed by atoms with Gasteiger partial charge in [0.1, 0.15) is 0 Å². The monoisotopic (exact) mass is 277 g/mol. The third-order valence-electron chi connectivity index (χ3n) is 2.60. The maximum Gasteiger partial charge on any atom is 0.328 e. The Bertz CT molecular complexity index is 539. The molecule has 0 aromatic heterocycles. The van der Waals surface area contributed by atoms with Crippen molar-refractivity contribution in [3.05, 3.63) is 35.4 Å². The molecule has 3 N–H and O–H groups in total. The number of carboxylic acids is 1. The molecule has 0 saturated heterocycles. The smallest absolute Gasteiger partial charge is 0.328 e. The number of carboxylic acid groups (broad SMARTS) is 1. The number of aliphatic hydroxyl groups is 1. The Balaban J connectivity index is 2.66. The summed E-state index contributed by atoms with van der Waals surface area (Å²) >= 11 is 0. The Morgan fingerprint density at radius 2 is 2.20 bits per heavy atom. The number of nitriles is 1. The Morgan fingerprint density at radius 3 is 2.75 bits per heavy atom. The van der Waals surface area contributed by atoms with E-state index in [1.807, 2.05) is 6.07 Å². The zero-order valence-electron chi connectivity index (χ0n) is 10.9. The van der Waals surface area contributed by atoms with Crippen molar-refractivity contribution in [2.45, 2.75) is 12.6 Å². The van der Waals surface area contributed by atoms with E-state index in [0.717, 1.165) is 5.56 Å². The van der Waals surface area contributed by atoms with Crippen LogP contribution in [0.15, 0.2) is 24.3 Å². The molecular weight excluding hydrogens is 262 g/mol. The number of amides is 2. The molecule has 0 spiro atoms. The number of urea groups is 1. The lowest BCUT2D eigenvalue weighted by Gasteiger charge is -2.20. The first kappa shape index (κ1) is 15.5. The van der Waals surface area contributed by atoms with Gasteiger partial charge >= 0.3 is 12.0 Å². The number of aliphatic hydroxyl groups excluding tert-OH is 1. The number of aliphatic carboxylic acids is 1. The van der Waals surface area contributed by atoms with E-state index in [9.17, 15) is 9.59 Å². The maximum atomic E-state index is 11.8. The van der Waals surface area contributed by atoms with E-state index >= 15 is 0 Å². The van der Waals surface area contributed by atoms with Gasteiger partial charge in [0, 0.05) is 13.6 Å². The summed E-state index contributed by atoms with van der Waals surface area (Å²) in [4.78, 5) is 23.7. The predicted molar refractivity (Wildman–Crippen MR) is 69.7 cm³/mol. The van der Waals surface area contributed by atoms with E-state index in [4.69, 9.17) is 15.5 Å². The number of carbonyl (C=O) groups is 2. The summed E-state index contributed by atoms with van der Waals surface area (Å²) in [5, 5.41) is 28.5. The molecule has 0 bridgehead atoms. The Morgan fingerprint density at radius 1 is 1.50 bits per heavy atom. The predicted octanol–water partition coefficient (Wildman–Crippen LogP) is 0.145. The van der Waals surface area contributed by atoms with Gasteiger partial charge in [-0.05, 0) is 17.7 Å². The second kappa shape index (κ2) is 7.11. The van der Waals surface area contributed by atoms with Crippen molar-refractivity contribution in [3.8, 4) is 6.07 Å². The average molecular weight is 277 g/mol. The minimum atomic E-state index is -1.34. The summed E-state index contributed by atoms with van der Waals surface area (Å²) in [5.74, 6) is -1.30. The van der Waals surface area contributed by atoms with Crippen LogP contribution in [0.25, 0.3) is 0 Å². The summed E-state index contributed by atoms with van der Waals surface area (Å²) in [6, 6.07) is 6.79. The molecule has 7 heteroatoms. The highest BCUT2D eigenvalue weighted by atomic mass is 16.4. The molecule has 0 fully saturated rings. The van der Waals surface area contributed by atoms with Gasteiger partial charge in [-0.25, -0.2) is 9.59 Å².